The van der Waals surface area contributed by atoms with E-state index in [1.54, 1.807) is 0 Å². The fourth-order valence-corrected chi connectivity index (χ4v) is 5.33. The number of Topliss-reactive ketones (excluding diaryl/α,β-unsaturated/α-hetero) is 2. The molecule has 1 aliphatic heterocycles. The Morgan fingerprint density at radius 3 is 1.40 bits per heavy atom. The van der Waals surface area contributed by atoms with Crippen molar-refractivity contribution in [1.29, 1.82) is 0 Å². The summed E-state index contributed by atoms with van der Waals surface area (Å²) in [5.41, 5.74) is 0. The molecule has 0 fully saturated rings. The van der Waals surface area contributed by atoms with Gasteiger partial charge in [0.05, 0.1) is 6.04 Å². The van der Waals surface area contributed by atoms with Crippen molar-refractivity contribution in [1.82, 2.24) is 4.90 Å². The largest absolute Gasteiger partial charge is 0.444 e. The van der Waals surface area contributed by atoms with Crippen LogP contribution < -0.4 is 0 Å². The average molecular weight is 664 g/mol. The molecule has 0 saturated heterocycles. The minimum absolute atomic E-state index is 0.0893. The van der Waals surface area contributed by atoms with E-state index in [1.807, 2.05) is 25.9 Å². The van der Waals surface area contributed by atoms with Gasteiger partial charge in [0.15, 0.2) is 5.76 Å². The number of carbonyl (C=O) groups excluding carboxylic acids is 2. The van der Waals surface area contributed by atoms with Crippen molar-refractivity contribution >= 4 is 11.6 Å². The standard InChI is InChI=1S/C43H69NO4/c1-6-8-10-12-14-16-18-20-22-24-26-28-30-32-34-36-41(45)43(47-38-40(48-43)39(3)44(4)5)42(46)37-35-33-31-29-27-25-23-21-19-17-15-13-11-9-7-2/h8-11,14-17,20-23,38-39H,6-7,12-13,18-19,24-37H2,1-5H3/b10-8-,11-9-,16-14-,17-15-,22-20-,23-21-. The van der Waals surface area contributed by atoms with Crippen LogP contribution in [0, 0.1) is 0 Å². The molecule has 0 aromatic carbocycles. The summed E-state index contributed by atoms with van der Waals surface area (Å²) in [4.78, 5) is 29.0. The number of hydrogen-bond donors (Lipinski definition) is 0. The van der Waals surface area contributed by atoms with E-state index in [2.05, 4.69) is 86.8 Å². The van der Waals surface area contributed by atoms with E-state index in [-0.39, 0.29) is 17.6 Å². The highest BCUT2D eigenvalue weighted by Gasteiger charge is 2.53. The number of unbranched alkanes of at least 4 members (excludes halogenated alkanes) is 10. The smallest absolute Gasteiger partial charge is 0.372 e. The lowest BCUT2D eigenvalue weighted by Crippen LogP contribution is -2.48. The van der Waals surface area contributed by atoms with E-state index in [4.69, 9.17) is 9.47 Å². The summed E-state index contributed by atoms with van der Waals surface area (Å²) < 4.78 is 12.0. The zero-order chi connectivity index (χ0) is 35.1. The van der Waals surface area contributed by atoms with Gasteiger partial charge in [0, 0.05) is 12.8 Å². The van der Waals surface area contributed by atoms with Crippen LogP contribution in [0.2, 0.25) is 0 Å². The Hall–Kier alpha value is -2.92. The summed E-state index contributed by atoms with van der Waals surface area (Å²) in [5, 5.41) is 0. The highest BCUT2D eigenvalue weighted by atomic mass is 16.7. The van der Waals surface area contributed by atoms with Crippen LogP contribution in [0.15, 0.2) is 84.9 Å². The first-order valence-corrected chi connectivity index (χ1v) is 19.1. The SMILES string of the molecule is CC/C=C\C/C=C\C/C=C\CCCCCCCC(=O)C1(C(=O)CCCCCCC/C=C\C/C=C\C/C=C\CC)OC=C(C(C)N(C)C)O1. The van der Waals surface area contributed by atoms with Crippen LogP contribution in [-0.4, -0.2) is 42.4 Å². The Bertz CT molecular complexity index is 995. The normalized spacial score (nSPS) is 15.6. The third kappa shape index (κ3) is 19.8. The molecule has 1 unspecified atom stereocenters. The van der Waals surface area contributed by atoms with Crippen LogP contribution in [0.5, 0.6) is 0 Å². The highest BCUT2D eigenvalue weighted by Crippen LogP contribution is 2.33. The fraction of sp³-hybridized carbons (Fsp3) is 0.628. The lowest BCUT2D eigenvalue weighted by atomic mass is 9.96. The number of rotatable bonds is 30. The predicted molar refractivity (Wildman–Crippen MR) is 205 cm³/mol. The van der Waals surface area contributed by atoms with Gasteiger partial charge in [-0.1, -0.05) is 125 Å². The molecule has 0 saturated carbocycles. The second-order valence-corrected chi connectivity index (χ2v) is 13.0. The summed E-state index contributed by atoms with van der Waals surface area (Å²) in [5.74, 6) is -1.76. The Kier molecular flexibility index (Phi) is 26.1. The van der Waals surface area contributed by atoms with Gasteiger partial charge in [-0.2, -0.15) is 0 Å². The Morgan fingerprint density at radius 2 is 0.979 bits per heavy atom. The molecule has 0 N–H and O–H groups in total. The van der Waals surface area contributed by atoms with Crippen LogP contribution in [0.3, 0.4) is 0 Å². The van der Waals surface area contributed by atoms with Gasteiger partial charge < -0.3 is 9.47 Å². The molecule has 0 amide bonds. The number of nitrogens with zero attached hydrogens (tertiary/aromatic N) is 1. The number of ketones is 2. The maximum atomic E-state index is 13.5. The van der Waals surface area contributed by atoms with E-state index in [0.29, 0.717) is 18.6 Å². The maximum absolute atomic E-state index is 13.5. The highest BCUT2D eigenvalue weighted by molar-refractivity contribution is 6.09. The van der Waals surface area contributed by atoms with Gasteiger partial charge >= 0.3 is 5.79 Å². The zero-order valence-electron chi connectivity index (χ0n) is 31.3. The fourth-order valence-electron chi connectivity index (χ4n) is 5.33. The molecular formula is C43H69NO4. The minimum atomic E-state index is -1.81. The number of allylic oxidation sites excluding steroid dienone is 12. The summed E-state index contributed by atoms with van der Waals surface area (Å²) >= 11 is 0. The summed E-state index contributed by atoms with van der Waals surface area (Å²) in [6, 6.07) is -0.0893. The van der Waals surface area contributed by atoms with Crippen LogP contribution in [0.4, 0.5) is 0 Å². The summed E-state index contributed by atoms with van der Waals surface area (Å²) in [7, 11) is 3.89. The summed E-state index contributed by atoms with van der Waals surface area (Å²) in [6.07, 6.45) is 47.3. The quantitative estimate of drug-likeness (QED) is 0.0435. The minimum Gasteiger partial charge on any atom is -0.444 e. The predicted octanol–water partition coefficient (Wildman–Crippen LogP) is 11.8. The van der Waals surface area contributed by atoms with Crippen LogP contribution in [-0.2, 0) is 19.1 Å². The first kappa shape index (κ1) is 43.1. The molecule has 0 aromatic heterocycles. The second kappa shape index (κ2) is 29.0. The molecule has 0 aromatic rings. The van der Waals surface area contributed by atoms with Gasteiger partial charge in [0.2, 0.25) is 11.6 Å². The van der Waals surface area contributed by atoms with Crippen molar-refractivity contribution < 1.29 is 19.1 Å². The zero-order valence-corrected chi connectivity index (χ0v) is 31.3. The van der Waals surface area contributed by atoms with Crippen LogP contribution in [0.25, 0.3) is 0 Å². The van der Waals surface area contributed by atoms with Gasteiger partial charge in [0.25, 0.3) is 0 Å². The number of hydrogen-bond acceptors (Lipinski definition) is 5. The van der Waals surface area contributed by atoms with Gasteiger partial charge in [-0.05, 0) is 98.1 Å². The molecule has 0 spiro atoms. The third-order valence-corrected chi connectivity index (χ3v) is 8.63. The van der Waals surface area contributed by atoms with E-state index in [9.17, 15) is 9.59 Å². The monoisotopic (exact) mass is 664 g/mol. The molecule has 1 atom stereocenters. The maximum Gasteiger partial charge on any atom is 0.372 e. The molecule has 0 aliphatic carbocycles. The topological polar surface area (TPSA) is 55.8 Å². The van der Waals surface area contributed by atoms with Gasteiger partial charge in [-0.15, -0.1) is 0 Å². The van der Waals surface area contributed by atoms with Gasteiger partial charge in [-0.3, -0.25) is 14.5 Å². The molecule has 1 heterocycles. The van der Waals surface area contributed by atoms with Crippen LogP contribution >= 0.6 is 0 Å². The average Bonchev–Trinajstić information content (AvgIpc) is 3.54. The number of carbonyl (C=O) groups is 2. The van der Waals surface area contributed by atoms with Crippen molar-refractivity contribution in [3.05, 3.63) is 84.9 Å². The molecule has 1 aliphatic rings. The van der Waals surface area contributed by atoms with E-state index >= 15 is 0 Å². The second-order valence-electron chi connectivity index (χ2n) is 13.0. The Morgan fingerprint density at radius 1 is 0.604 bits per heavy atom. The molecule has 5 heteroatoms. The van der Waals surface area contributed by atoms with E-state index < -0.39 is 5.79 Å². The van der Waals surface area contributed by atoms with Crippen molar-refractivity contribution in [3.63, 3.8) is 0 Å². The van der Waals surface area contributed by atoms with Crippen molar-refractivity contribution in [2.24, 2.45) is 0 Å². The van der Waals surface area contributed by atoms with Crippen molar-refractivity contribution in [2.75, 3.05) is 14.1 Å². The third-order valence-electron chi connectivity index (χ3n) is 8.63. The molecule has 1 rings (SSSR count). The number of likely N-dealkylation sites (N-methyl/N-ethyl adjacent to an activating group) is 1. The summed E-state index contributed by atoms with van der Waals surface area (Å²) in [6.45, 7) is 6.29. The van der Waals surface area contributed by atoms with Crippen molar-refractivity contribution in [2.45, 2.75) is 161 Å². The van der Waals surface area contributed by atoms with E-state index in [1.165, 1.54) is 6.26 Å². The first-order chi connectivity index (χ1) is 23.4. The van der Waals surface area contributed by atoms with Gasteiger partial charge in [0.1, 0.15) is 6.26 Å². The van der Waals surface area contributed by atoms with Crippen molar-refractivity contribution in [3.8, 4) is 0 Å². The molecule has 270 valence electrons. The Balaban J connectivity index is 2.37. The molecule has 48 heavy (non-hydrogen) atoms. The Labute approximate surface area is 295 Å². The van der Waals surface area contributed by atoms with Crippen LogP contribution in [0.1, 0.15) is 149 Å². The lowest BCUT2D eigenvalue weighted by Gasteiger charge is -2.28. The lowest BCUT2D eigenvalue weighted by molar-refractivity contribution is -0.186. The van der Waals surface area contributed by atoms with Gasteiger partial charge in [-0.25, -0.2) is 0 Å². The molecule has 0 radical (unpaired) electrons. The molecule has 0 bridgehead atoms. The van der Waals surface area contributed by atoms with E-state index in [0.717, 1.165) is 116 Å². The first-order valence-electron chi connectivity index (χ1n) is 19.1. The number of ether oxygens (including phenoxy) is 2. The molecular weight excluding hydrogens is 594 g/mol. The molecule has 5 nitrogen and oxygen atoms in total.